The van der Waals surface area contributed by atoms with E-state index in [9.17, 15) is 9.59 Å². The predicted octanol–water partition coefficient (Wildman–Crippen LogP) is 3.61. The van der Waals surface area contributed by atoms with Gasteiger partial charge >= 0.3 is 0 Å². The molecule has 1 fully saturated rings. The van der Waals surface area contributed by atoms with Gasteiger partial charge in [0.05, 0.1) is 6.54 Å². The van der Waals surface area contributed by atoms with Crippen LogP contribution in [-0.2, 0) is 11.3 Å². The Morgan fingerprint density at radius 3 is 2.44 bits per heavy atom. The molecule has 27 heavy (non-hydrogen) atoms. The molecule has 2 aromatic rings. The van der Waals surface area contributed by atoms with Crippen LogP contribution in [0.15, 0.2) is 42.5 Å². The van der Waals surface area contributed by atoms with Crippen LogP contribution in [-0.4, -0.2) is 36.3 Å². The van der Waals surface area contributed by atoms with Gasteiger partial charge in [0, 0.05) is 35.9 Å². The van der Waals surface area contributed by atoms with Crippen LogP contribution >= 0.6 is 11.6 Å². The summed E-state index contributed by atoms with van der Waals surface area (Å²) in [5.41, 5.74) is 3.55. The molecule has 2 amide bonds. The van der Waals surface area contributed by atoms with E-state index in [1.54, 1.807) is 6.07 Å². The molecule has 0 unspecified atom stereocenters. The van der Waals surface area contributed by atoms with Crippen molar-refractivity contribution in [2.45, 2.75) is 26.3 Å². The first kappa shape index (κ1) is 19.2. The smallest absolute Gasteiger partial charge is 0.253 e. The highest BCUT2D eigenvalue weighted by Gasteiger charge is 2.19. The molecule has 2 N–H and O–H groups in total. The number of rotatable bonds is 6. The van der Waals surface area contributed by atoms with Gasteiger partial charge in [0.1, 0.15) is 0 Å². The van der Waals surface area contributed by atoms with Crippen LogP contribution in [0.4, 0.5) is 5.69 Å². The van der Waals surface area contributed by atoms with E-state index in [-0.39, 0.29) is 18.4 Å². The Bertz CT molecular complexity index is 815. The largest absolute Gasteiger partial charge is 0.376 e. The fourth-order valence-electron chi connectivity index (χ4n) is 3.13. The van der Waals surface area contributed by atoms with Gasteiger partial charge in [-0.2, -0.15) is 0 Å². The third-order valence-corrected chi connectivity index (χ3v) is 4.95. The van der Waals surface area contributed by atoms with E-state index in [0.29, 0.717) is 17.1 Å². The number of halogens is 1. The standard InChI is InChI=1S/C21H24ClN3O2/c1-15-12-18(22)8-9-19(15)23-14-20(26)24-13-16-4-6-17(7-5-16)21(27)25-10-2-3-11-25/h4-9,12,23H,2-3,10-11,13-14H2,1H3,(H,24,26). The first-order chi connectivity index (χ1) is 13.0. The summed E-state index contributed by atoms with van der Waals surface area (Å²) < 4.78 is 0. The zero-order chi connectivity index (χ0) is 19.2. The molecule has 5 nitrogen and oxygen atoms in total. The Balaban J connectivity index is 1.46. The fourth-order valence-corrected chi connectivity index (χ4v) is 3.36. The number of hydrogen-bond acceptors (Lipinski definition) is 3. The van der Waals surface area contributed by atoms with Gasteiger partial charge in [0.2, 0.25) is 5.91 Å². The monoisotopic (exact) mass is 385 g/mol. The zero-order valence-electron chi connectivity index (χ0n) is 15.4. The van der Waals surface area contributed by atoms with Crippen LogP contribution in [0.5, 0.6) is 0 Å². The number of nitrogens with one attached hydrogen (secondary N) is 2. The summed E-state index contributed by atoms with van der Waals surface area (Å²) in [6, 6.07) is 12.9. The maximum Gasteiger partial charge on any atom is 0.253 e. The van der Waals surface area contributed by atoms with Gasteiger partial charge in [-0.1, -0.05) is 23.7 Å². The van der Waals surface area contributed by atoms with Crippen LogP contribution in [0.1, 0.15) is 34.3 Å². The molecule has 6 heteroatoms. The van der Waals surface area contributed by atoms with Crippen molar-refractivity contribution < 1.29 is 9.59 Å². The second kappa shape index (κ2) is 8.91. The quantitative estimate of drug-likeness (QED) is 0.798. The Labute approximate surface area is 164 Å². The molecular weight excluding hydrogens is 362 g/mol. The highest BCUT2D eigenvalue weighted by atomic mass is 35.5. The molecule has 0 bridgehead atoms. The van der Waals surface area contributed by atoms with E-state index in [1.807, 2.05) is 48.2 Å². The van der Waals surface area contributed by atoms with Crippen molar-refractivity contribution >= 4 is 29.1 Å². The summed E-state index contributed by atoms with van der Waals surface area (Å²) in [5, 5.41) is 6.67. The molecule has 0 atom stereocenters. The van der Waals surface area contributed by atoms with Gasteiger partial charge in [0.25, 0.3) is 5.91 Å². The SMILES string of the molecule is Cc1cc(Cl)ccc1NCC(=O)NCc1ccc(C(=O)N2CCCC2)cc1. The van der Waals surface area contributed by atoms with Crippen LogP contribution in [0.3, 0.4) is 0 Å². The Morgan fingerprint density at radius 2 is 1.78 bits per heavy atom. The van der Waals surface area contributed by atoms with Crippen molar-refractivity contribution in [3.05, 3.63) is 64.2 Å². The van der Waals surface area contributed by atoms with Gasteiger partial charge in [-0.15, -0.1) is 0 Å². The molecule has 0 radical (unpaired) electrons. The minimum atomic E-state index is -0.0958. The van der Waals surface area contributed by atoms with Gasteiger partial charge in [0.15, 0.2) is 0 Å². The van der Waals surface area contributed by atoms with E-state index in [4.69, 9.17) is 11.6 Å². The van der Waals surface area contributed by atoms with E-state index < -0.39 is 0 Å². The molecule has 0 aromatic heterocycles. The molecule has 1 saturated heterocycles. The van der Waals surface area contributed by atoms with Gasteiger partial charge in [-0.05, 0) is 61.2 Å². The lowest BCUT2D eigenvalue weighted by Gasteiger charge is -2.15. The van der Waals surface area contributed by atoms with Crippen molar-refractivity contribution in [3.63, 3.8) is 0 Å². The third kappa shape index (κ3) is 5.23. The van der Waals surface area contributed by atoms with E-state index >= 15 is 0 Å². The van der Waals surface area contributed by atoms with Crippen molar-refractivity contribution in [3.8, 4) is 0 Å². The second-order valence-corrected chi connectivity index (χ2v) is 7.22. The summed E-state index contributed by atoms with van der Waals surface area (Å²) in [6.45, 7) is 4.25. The number of aryl methyl sites for hydroxylation is 1. The normalized spacial score (nSPS) is 13.5. The number of carbonyl (C=O) groups is 2. The summed E-state index contributed by atoms with van der Waals surface area (Å²) in [7, 11) is 0. The molecule has 3 rings (SSSR count). The number of carbonyl (C=O) groups excluding carboxylic acids is 2. The van der Waals surface area contributed by atoms with E-state index in [1.165, 1.54) is 0 Å². The number of likely N-dealkylation sites (tertiary alicyclic amines) is 1. The van der Waals surface area contributed by atoms with Crippen molar-refractivity contribution in [1.29, 1.82) is 0 Å². The lowest BCUT2D eigenvalue weighted by atomic mass is 10.1. The molecule has 142 valence electrons. The average Bonchev–Trinajstić information content (AvgIpc) is 3.20. The Hall–Kier alpha value is -2.53. The summed E-state index contributed by atoms with van der Waals surface area (Å²) in [4.78, 5) is 26.3. The Kier molecular flexibility index (Phi) is 6.35. The minimum Gasteiger partial charge on any atom is -0.376 e. The van der Waals surface area contributed by atoms with Crippen LogP contribution in [0.2, 0.25) is 5.02 Å². The second-order valence-electron chi connectivity index (χ2n) is 6.79. The molecule has 0 spiro atoms. The molecule has 0 saturated carbocycles. The number of nitrogens with zero attached hydrogens (tertiary/aromatic N) is 1. The van der Waals surface area contributed by atoms with E-state index in [0.717, 1.165) is 42.7 Å². The van der Waals surface area contributed by atoms with Crippen molar-refractivity contribution in [2.24, 2.45) is 0 Å². The highest BCUT2D eigenvalue weighted by molar-refractivity contribution is 6.30. The maximum absolute atomic E-state index is 12.3. The molecule has 2 aromatic carbocycles. The minimum absolute atomic E-state index is 0.0885. The first-order valence-corrected chi connectivity index (χ1v) is 9.55. The number of anilines is 1. The number of amides is 2. The Morgan fingerprint density at radius 1 is 1.07 bits per heavy atom. The average molecular weight is 386 g/mol. The molecule has 1 aliphatic rings. The van der Waals surface area contributed by atoms with Crippen LogP contribution < -0.4 is 10.6 Å². The topological polar surface area (TPSA) is 61.4 Å². The van der Waals surface area contributed by atoms with Crippen molar-refractivity contribution in [1.82, 2.24) is 10.2 Å². The number of hydrogen-bond donors (Lipinski definition) is 2. The summed E-state index contributed by atoms with van der Waals surface area (Å²) in [5.74, 6) is -0.00723. The molecule has 0 aliphatic carbocycles. The highest BCUT2D eigenvalue weighted by Crippen LogP contribution is 2.19. The first-order valence-electron chi connectivity index (χ1n) is 9.18. The predicted molar refractivity (Wildman–Crippen MR) is 108 cm³/mol. The number of benzene rings is 2. The van der Waals surface area contributed by atoms with Crippen LogP contribution in [0.25, 0.3) is 0 Å². The maximum atomic E-state index is 12.3. The third-order valence-electron chi connectivity index (χ3n) is 4.71. The molecular formula is C21H24ClN3O2. The van der Waals surface area contributed by atoms with Crippen LogP contribution in [0, 0.1) is 6.92 Å². The lowest BCUT2D eigenvalue weighted by Crippen LogP contribution is -2.29. The van der Waals surface area contributed by atoms with Gasteiger partial charge in [-0.25, -0.2) is 0 Å². The van der Waals surface area contributed by atoms with Crippen molar-refractivity contribution in [2.75, 3.05) is 25.0 Å². The lowest BCUT2D eigenvalue weighted by molar-refractivity contribution is -0.119. The molecule has 1 heterocycles. The van der Waals surface area contributed by atoms with Gasteiger partial charge in [-0.3, -0.25) is 9.59 Å². The summed E-state index contributed by atoms with van der Waals surface area (Å²) in [6.07, 6.45) is 2.17. The van der Waals surface area contributed by atoms with Gasteiger partial charge < -0.3 is 15.5 Å². The van der Waals surface area contributed by atoms with E-state index in [2.05, 4.69) is 10.6 Å². The summed E-state index contributed by atoms with van der Waals surface area (Å²) >= 11 is 5.93. The zero-order valence-corrected chi connectivity index (χ0v) is 16.2. The fraction of sp³-hybridized carbons (Fsp3) is 0.333. The molecule has 1 aliphatic heterocycles.